The molecule has 2 nitrogen and oxygen atoms in total. The molecular weight excluding hydrogens is 188 g/mol. The third-order valence-corrected chi connectivity index (χ3v) is 2.98. The molecule has 1 aliphatic heterocycles. The summed E-state index contributed by atoms with van der Waals surface area (Å²) >= 11 is 0. The molecule has 0 spiro atoms. The molecule has 0 aromatic carbocycles. The van der Waals surface area contributed by atoms with Crippen LogP contribution in [0.15, 0.2) is 24.3 Å². The summed E-state index contributed by atoms with van der Waals surface area (Å²) in [7, 11) is 0. The predicted octanol–water partition coefficient (Wildman–Crippen LogP) is 2.70. The molecule has 1 unspecified atom stereocenters. The lowest BCUT2D eigenvalue weighted by Gasteiger charge is -2.23. The Labute approximate surface area is 92.0 Å². The maximum absolute atomic E-state index is 5.70. The van der Waals surface area contributed by atoms with Gasteiger partial charge in [-0.3, -0.25) is 0 Å². The van der Waals surface area contributed by atoms with Crippen LogP contribution in [0.4, 0.5) is 0 Å². The van der Waals surface area contributed by atoms with E-state index in [2.05, 4.69) is 24.3 Å². The van der Waals surface area contributed by atoms with E-state index >= 15 is 0 Å². The molecule has 15 heavy (non-hydrogen) atoms. The highest BCUT2D eigenvalue weighted by Crippen LogP contribution is 2.15. The second-order valence-electron chi connectivity index (χ2n) is 4.33. The summed E-state index contributed by atoms with van der Waals surface area (Å²) in [5, 5.41) is 0. The first-order valence-corrected chi connectivity index (χ1v) is 5.98. The summed E-state index contributed by atoms with van der Waals surface area (Å²) in [5.74, 6) is 0.568. The first-order valence-electron chi connectivity index (χ1n) is 5.98. The van der Waals surface area contributed by atoms with Crippen molar-refractivity contribution in [3.63, 3.8) is 0 Å². The second kappa shape index (κ2) is 6.09. The normalized spacial score (nSPS) is 30.7. The van der Waals surface area contributed by atoms with Gasteiger partial charge in [-0.05, 0) is 25.7 Å². The largest absolute Gasteiger partial charge is 0.378 e. The standard InChI is InChI=1S/C13H20O2/c1-2-6-12(7-3-1)10-14-11-13-8-4-5-9-15-13/h1-3,6,12-13H,4-5,7-11H2/t12?,13-/m0/s1. The minimum absolute atomic E-state index is 0.349. The Morgan fingerprint density at radius 2 is 2.20 bits per heavy atom. The molecule has 1 heterocycles. The third-order valence-electron chi connectivity index (χ3n) is 2.98. The average molecular weight is 208 g/mol. The minimum atomic E-state index is 0.349. The molecule has 0 aromatic rings. The van der Waals surface area contributed by atoms with Crippen LogP contribution < -0.4 is 0 Å². The van der Waals surface area contributed by atoms with Crippen LogP contribution in [0.1, 0.15) is 25.7 Å². The molecule has 2 aliphatic rings. The summed E-state index contributed by atoms with van der Waals surface area (Å²) in [6.45, 7) is 2.52. The molecule has 2 atom stereocenters. The van der Waals surface area contributed by atoms with Gasteiger partial charge in [-0.15, -0.1) is 0 Å². The lowest BCUT2D eigenvalue weighted by molar-refractivity contribution is -0.0444. The van der Waals surface area contributed by atoms with Gasteiger partial charge in [0.2, 0.25) is 0 Å². The van der Waals surface area contributed by atoms with E-state index in [9.17, 15) is 0 Å². The summed E-state index contributed by atoms with van der Waals surface area (Å²) in [6, 6.07) is 0. The number of allylic oxidation sites excluding steroid dienone is 3. The van der Waals surface area contributed by atoms with Crippen molar-refractivity contribution in [2.24, 2.45) is 5.92 Å². The average Bonchev–Trinajstić information content (AvgIpc) is 2.32. The Balaban J connectivity index is 1.57. The third kappa shape index (κ3) is 3.80. The molecule has 0 aromatic heterocycles. The number of rotatable bonds is 4. The van der Waals surface area contributed by atoms with Crippen molar-refractivity contribution >= 4 is 0 Å². The van der Waals surface area contributed by atoms with Crippen molar-refractivity contribution in [2.75, 3.05) is 19.8 Å². The van der Waals surface area contributed by atoms with Crippen LogP contribution in [-0.4, -0.2) is 25.9 Å². The zero-order valence-electron chi connectivity index (χ0n) is 9.23. The maximum atomic E-state index is 5.70. The molecule has 0 bridgehead atoms. The summed E-state index contributed by atoms with van der Waals surface area (Å²) in [4.78, 5) is 0. The Morgan fingerprint density at radius 3 is 2.93 bits per heavy atom. The van der Waals surface area contributed by atoms with Crippen LogP contribution in [0, 0.1) is 5.92 Å². The molecule has 84 valence electrons. The highest BCUT2D eigenvalue weighted by atomic mass is 16.5. The Kier molecular flexibility index (Phi) is 4.42. The molecule has 2 rings (SSSR count). The fraction of sp³-hybridized carbons (Fsp3) is 0.692. The number of hydrogen-bond acceptors (Lipinski definition) is 2. The van der Waals surface area contributed by atoms with Gasteiger partial charge in [0, 0.05) is 12.5 Å². The zero-order chi connectivity index (χ0) is 10.3. The van der Waals surface area contributed by atoms with Gasteiger partial charge >= 0.3 is 0 Å². The van der Waals surface area contributed by atoms with Gasteiger partial charge in [-0.2, -0.15) is 0 Å². The van der Waals surface area contributed by atoms with Crippen molar-refractivity contribution in [2.45, 2.75) is 31.8 Å². The summed E-state index contributed by atoms with van der Waals surface area (Å²) in [6.07, 6.45) is 13.8. The van der Waals surface area contributed by atoms with Crippen LogP contribution >= 0.6 is 0 Å². The zero-order valence-corrected chi connectivity index (χ0v) is 9.23. The monoisotopic (exact) mass is 208 g/mol. The van der Waals surface area contributed by atoms with Gasteiger partial charge < -0.3 is 9.47 Å². The molecule has 0 saturated carbocycles. The van der Waals surface area contributed by atoms with Gasteiger partial charge in [0.1, 0.15) is 0 Å². The summed E-state index contributed by atoms with van der Waals surface area (Å²) in [5.41, 5.74) is 0. The highest BCUT2D eigenvalue weighted by Gasteiger charge is 2.14. The maximum Gasteiger partial charge on any atom is 0.0808 e. The van der Waals surface area contributed by atoms with E-state index in [1.54, 1.807) is 0 Å². The first-order chi connectivity index (χ1) is 7.45. The van der Waals surface area contributed by atoms with E-state index in [-0.39, 0.29) is 0 Å². The molecule has 1 aliphatic carbocycles. The van der Waals surface area contributed by atoms with E-state index in [1.807, 2.05) is 0 Å². The topological polar surface area (TPSA) is 18.5 Å². The van der Waals surface area contributed by atoms with Crippen molar-refractivity contribution < 1.29 is 9.47 Å². The van der Waals surface area contributed by atoms with Crippen LogP contribution in [0.25, 0.3) is 0 Å². The molecule has 2 heteroatoms. The molecule has 0 N–H and O–H groups in total. The predicted molar refractivity (Wildman–Crippen MR) is 60.8 cm³/mol. The SMILES string of the molecule is C1=CCC(COC[C@@H]2CCCCO2)C=C1. The highest BCUT2D eigenvalue weighted by molar-refractivity contribution is 5.10. The number of hydrogen-bond donors (Lipinski definition) is 0. The Bertz CT molecular complexity index is 227. The van der Waals surface area contributed by atoms with Crippen LogP contribution in [0.2, 0.25) is 0 Å². The molecule has 0 radical (unpaired) electrons. The van der Waals surface area contributed by atoms with Crippen LogP contribution in [0.5, 0.6) is 0 Å². The van der Waals surface area contributed by atoms with Gasteiger partial charge in [0.05, 0.1) is 19.3 Å². The Morgan fingerprint density at radius 1 is 1.20 bits per heavy atom. The van der Waals surface area contributed by atoms with E-state index in [4.69, 9.17) is 9.47 Å². The van der Waals surface area contributed by atoms with Gasteiger partial charge in [0.25, 0.3) is 0 Å². The fourth-order valence-electron chi connectivity index (χ4n) is 2.05. The number of ether oxygens (including phenoxy) is 2. The quantitative estimate of drug-likeness (QED) is 0.707. The lowest BCUT2D eigenvalue weighted by atomic mass is 10.0. The molecular formula is C13H20O2. The van der Waals surface area contributed by atoms with Gasteiger partial charge in [-0.25, -0.2) is 0 Å². The van der Waals surface area contributed by atoms with Crippen molar-refractivity contribution in [3.05, 3.63) is 24.3 Å². The smallest absolute Gasteiger partial charge is 0.0808 e. The molecule has 1 saturated heterocycles. The van der Waals surface area contributed by atoms with Gasteiger partial charge in [0.15, 0.2) is 0 Å². The van der Waals surface area contributed by atoms with Gasteiger partial charge in [-0.1, -0.05) is 24.3 Å². The van der Waals surface area contributed by atoms with E-state index < -0.39 is 0 Å². The van der Waals surface area contributed by atoms with E-state index in [0.29, 0.717) is 12.0 Å². The fourth-order valence-corrected chi connectivity index (χ4v) is 2.05. The minimum Gasteiger partial charge on any atom is -0.378 e. The van der Waals surface area contributed by atoms with E-state index in [1.165, 1.54) is 19.3 Å². The lowest BCUT2D eigenvalue weighted by Crippen LogP contribution is -2.25. The second-order valence-corrected chi connectivity index (χ2v) is 4.33. The van der Waals surface area contributed by atoms with E-state index in [0.717, 1.165) is 26.2 Å². The van der Waals surface area contributed by atoms with Crippen molar-refractivity contribution in [3.8, 4) is 0 Å². The molecule has 1 fully saturated rings. The van der Waals surface area contributed by atoms with Crippen LogP contribution in [0.3, 0.4) is 0 Å². The van der Waals surface area contributed by atoms with Crippen molar-refractivity contribution in [1.29, 1.82) is 0 Å². The first kappa shape index (κ1) is 10.9. The molecule has 0 amide bonds. The summed E-state index contributed by atoms with van der Waals surface area (Å²) < 4.78 is 11.3. The Hall–Kier alpha value is -0.600. The van der Waals surface area contributed by atoms with Crippen LogP contribution in [-0.2, 0) is 9.47 Å². The van der Waals surface area contributed by atoms with Crippen molar-refractivity contribution in [1.82, 2.24) is 0 Å².